The molecule has 0 aliphatic heterocycles. The summed E-state index contributed by atoms with van der Waals surface area (Å²) in [6, 6.07) is 11.7. The summed E-state index contributed by atoms with van der Waals surface area (Å²) in [7, 11) is 0. The second-order valence-electron chi connectivity index (χ2n) is 5.34. The molecule has 5 heteroatoms. The molecule has 1 aromatic heterocycles. The van der Waals surface area contributed by atoms with Crippen molar-refractivity contribution in [3.05, 3.63) is 69.7 Å². The van der Waals surface area contributed by atoms with Gasteiger partial charge in [0.15, 0.2) is 11.4 Å². The fraction of sp³-hybridized carbons (Fsp3) is 0.167. The van der Waals surface area contributed by atoms with E-state index in [0.29, 0.717) is 23.1 Å². The number of carbonyl (C=O) groups is 2. The maximum atomic E-state index is 12.6. The highest BCUT2D eigenvalue weighted by molar-refractivity contribution is 6.03. The molecule has 0 saturated carbocycles. The van der Waals surface area contributed by atoms with Crippen LogP contribution in [0, 0.1) is 6.92 Å². The Labute approximate surface area is 132 Å². The van der Waals surface area contributed by atoms with E-state index >= 15 is 0 Å². The second kappa shape index (κ2) is 5.68. The Hall–Kier alpha value is -2.95. The molecule has 0 amide bonds. The molecule has 0 spiro atoms. The maximum absolute atomic E-state index is 12.6. The van der Waals surface area contributed by atoms with Gasteiger partial charge < -0.3 is 4.42 Å². The second-order valence-corrected chi connectivity index (χ2v) is 5.34. The third kappa shape index (κ3) is 2.61. The number of ketones is 1. The summed E-state index contributed by atoms with van der Waals surface area (Å²) >= 11 is 0. The molecular formula is C18H15NO4. The van der Waals surface area contributed by atoms with E-state index in [9.17, 15) is 14.4 Å². The Morgan fingerprint density at radius 1 is 1.09 bits per heavy atom. The first-order valence-corrected chi connectivity index (χ1v) is 7.31. The van der Waals surface area contributed by atoms with Crippen LogP contribution in [0.2, 0.25) is 0 Å². The predicted molar refractivity (Wildman–Crippen MR) is 86.0 cm³/mol. The van der Waals surface area contributed by atoms with Crippen molar-refractivity contribution in [2.45, 2.75) is 20.3 Å². The van der Waals surface area contributed by atoms with Crippen LogP contribution in [0.5, 0.6) is 0 Å². The molecule has 5 nitrogen and oxygen atoms in total. The highest BCUT2D eigenvalue weighted by Gasteiger charge is 2.18. The number of hydrogen-bond acceptors (Lipinski definition) is 4. The van der Waals surface area contributed by atoms with Crippen molar-refractivity contribution < 1.29 is 14.0 Å². The van der Waals surface area contributed by atoms with E-state index in [1.807, 2.05) is 13.0 Å². The maximum Gasteiger partial charge on any atom is 0.427 e. The summed E-state index contributed by atoms with van der Waals surface area (Å²) in [5.41, 5.74) is 2.38. The molecule has 0 radical (unpaired) electrons. The van der Waals surface area contributed by atoms with Crippen molar-refractivity contribution in [1.29, 1.82) is 0 Å². The Kier molecular flexibility index (Phi) is 3.70. The molecule has 0 fully saturated rings. The van der Waals surface area contributed by atoms with Gasteiger partial charge in [0, 0.05) is 17.5 Å². The molecule has 3 rings (SSSR count). The van der Waals surface area contributed by atoms with Crippen LogP contribution in [0.1, 0.15) is 39.6 Å². The molecule has 3 aromatic rings. The molecule has 2 aromatic carbocycles. The average molecular weight is 309 g/mol. The minimum absolute atomic E-state index is 0.0488. The number of aryl methyl sites for hydroxylation is 1. The molecule has 0 aliphatic rings. The zero-order chi connectivity index (χ0) is 16.6. The highest BCUT2D eigenvalue weighted by atomic mass is 16.4. The minimum atomic E-state index is -0.757. The topological polar surface area (TPSA) is 69.3 Å². The zero-order valence-electron chi connectivity index (χ0n) is 12.8. The lowest BCUT2D eigenvalue weighted by molar-refractivity contribution is 0.0954. The molecular weight excluding hydrogens is 294 g/mol. The van der Waals surface area contributed by atoms with E-state index in [2.05, 4.69) is 0 Å². The fourth-order valence-electron chi connectivity index (χ4n) is 2.50. The molecule has 0 atom stereocenters. The number of aromatic nitrogens is 1. The third-order valence-corrected chi connectivity index (χ3v) is 3.69. The fourth-order valence-corrected chi connectivity index (χ4v) is 2.50. The van der Waals surface area contributed by atoms with Crippen LogP contribution in [0.3, 0.4) is 0 Å². The van der Waals surface area contributed by atoms with Gasteiger partial charge in [-0.2, -0.15) is 0 Å². The van der Waals surface area contributed by atoms with E-state index < -0.39 is 11.7 Å². The van der Waals surface area contributed by atoms with Gasteiger partial charge in [0.2, 0.25) is 0 Å². The number of nitrogens with zero attached hydrogens (tertiary/aromatic N) is 1. The van der Waals surface area contributed by atoms with Crippen LogP contribution < -0.4 is 5.76 Å². The SMILES string of the molecule is CCC(=O)c1ccc2c(c1)oc(=O)n2C(=O)c1cccc(C)c1. The van der Waals surface area contributed by atoms with Crippen LogP contribution in [0.4, 0.5) is 0 Å². The number of Topliss-reactive ketones (excluding diaryl/α,β-unsaturated/α-hetero) is 1. The number of fused-ring (bicyclic) bond motifs is 1. The van der Waals surface area contributed by atoms with Gasteiger partial charge in [0.25, 0.3) is 5.91 Å². The predicted octanol–water partition coefficient (Wildman–Crippen LogP) is 3.18. The largest absolute Gasteiger partial charge is 0.427 e. The average Bonchev–Trinajstić information content (AvgIpc) is 2.88. The van der Waals surface area contributed by atoms with Crippen LogP contribution >= 0.6 is 0 Å². The Morgan fingerprint density at radius 3 is 2.57 bits per heavy atom. The number of oxazole rings is 1. The van der Waals surface area contributed by atoms with Gasteiger partial charge in [-0.1, -0.05) is 24.6 Å². The summed E-state index contributed by atoms with van der Waals surface area (Å²) < 4.78 is 6.13. The van der Waals surface area contributed by atoms with Gasteiger partial charge in [-0.25, -0.2) is 9.36 Å². The lowest BCUT2D eigenvalue weighted by atomic mass is 10.1. The summed E-state index contributed by atoms with van der Waals surface area (Å²) in [4.78, 5) is 36.4. The number of benzene rings is 2. The van der Waals surface area contributed by atoms with Crippen LogP contribution in [-0.2, 0) is 0 Å². The standard InChI is InChI=1S/C18H15NO4/c1-3-15(20)12-7-8-14-16(10-12)23-18(22)19(14)17(21)13-6-4-5-11(2)9-13/h4-10H,3H2,1-2H3. The van der Waals surface area contributed by atoms with Crippen molar-refractivity contribution in [3.8, 4) is 0 Å². The first-order valence-electron chi connectivity index (χ1n) is 7.31. The summed E-state index contributed by atoms with van der Waals surface area (Å²) in [5.74, 6) is -1.26. The molecule has 116 valence electrons. The quantitative estimate of drug-likeness (QED) is 0.697. The van der Waals surface area contributed by atoms with Crippen molar-refractivity contribution in [2.24, 2.45) is 0 Å². The van der Waals surface area contributed by atoms with Crippen molar-refractivity contribution in [3.63, 3.8) is 0 Å². The third-order valence-electron chi connectivity index (χ3n) is 3.69. The Bertz CT molecular complexity index is 978. The number of carbonyl (C=O) groups excluding carboxylic acids is 2. The lowest BCUT2D eigenvalue weighted by Gasteiger charge is -2.03. The van der Waals surface area contributed by atoms with E-state index in [0.717, 1.165) is 10.1 Å². The van der Waals surface area contributed by atoms with Gasteiger partial charge in [-0.05, 0) is 37.3 Å². The lowest BCUT2D eigenvalue weighted by Crippen LogP contribution is -2.23. The van der Waals surface area contributed by atoms with Crippen LogP contribution in [-0.4, -0.2) is 16.3 Å². The van der Waals surface area contributed by atoms with Crippen molar-refractivity contribution in [1.82, 2.24) is 4.57 Å². The van der Waals surface area contributed by atoms with Gasteiger partial charge in [-0.3, -0.25) is 9.59 Å². The number of hydrogen-bond donors (Lipinski definition) is 0. The molecule has 0 unspecified atom stereocenters. The first kappa shape index (κ1) is 15.0. The summed E-state index contributed by atoms with van der Waals surface area (Å²) in [6.45, 7) is 3.63. The van der Waals surface area contributed by atoms with Crippen molar-refractivity contribution in [2.75, 3.05) is 0 Å². The van der Waals surface area contributed by atoms with Crippen LogP contribution in [0.25, 0.3) is 11.1 Å². The van der Waals surface area contributed by atoms with E-state index in [-0.39, 0.29) is 11.4 Å². The Morgan fingerprint density at radius 2 is 1.87 bits per heavy atom. The number of rotatable bonds is 3. The van der Waals surface area contributed by atoms with Gasteiger partial charge in [-0.15, -0.1) is 0 Å². The van der Waals surface area contributed by atoms with Crippen LogP contribution in [0.15, 0.2) is 51.7 Å². The zero-order valence-corrected chi connectivity index (χ0v) is 12.8. The summed E-state index contributed by atoms with van der Waals surface area (Å²) in [5, 5.41) is 0. The van der Waals surface area contributed by atoms with Gasteiger partial charge in [0.05, 0.1) is 5.52 Å². The van der Waals surface area contributed by atoms with E-state index in [1.165, 1.54) is 6.07 Å². The first-order chi connectivity index (χ1) is 11.0. The van der Waals surface area contributed by atoms with Gasteiger partial charge in [0.1, 0.15) is 0 Å². The van der Waals surface area contributed by atoms with E-state index in [1.54, 1.807) is 37.3 Å². The van der Waals surface area contributed by atoms with Gasteiger partial charge >= 0.3 is 5.76 Å². The van der Waals surface area contributed by atoms with E-state index in [4.69, 9.17) is 4.42 Å². The molecule has 0 bridgehead atoms. The monoisotopic (exact) mass is 309 g/mol. The minimum Gasteiger partial charge on any atom is -0.407 e. The smallest absolute Gasteiger partial charge is 0.407 e. The Balaban J connectivity index is 2.15. The summed E-state index contributed by atoms with van der Waals surface area (Å²) in [6.07, 6.45) is 0.360. The molecule has 0 N–H and O–H groups in total. The molecule has 0 saturated heterocycles. The molecule has 0 aliphatic carbocycles. The molecule has 23 heavy (non-hydrogen) atoms. The highest BCUT2D eigenvalue weighted by Crippen LogP contribution is 2.18. The molecule has 1 heterocycles. The van der Waals surface area contributed by atoms with Crippen molar-refractivity contribution >= 4 is 22.8 Å². The normalized spacial score (nSPS) is 10.9.